The third-order valence-electron chi connectivity index (χ3n) is 3.19. The van der Waals surface area contributed by atoms with Crippen molar-refractivity contribution in [1.82, 2.24) is 10.6 Å². The summed E-state index contributed by atoms with van der Waals surface area (Å²) < 4.78 is 0. The van der Waals surface area contributed by atoms with E-state index in [9.17, 15) is 4.79 Å². The molecule has 0 saturated heterocycles. The molecule has 3 heteroatoms. The third-order valence-corrected chi connectivity index (χ3v) is 3.19. The first-order chi connectivity index (χ1) is 6.81. The van der Waals surface area contributed by atoms with Gasteiger partial charge in [-0.15, -0.1) is 0 Å². The van der Waals surface area contributed by atoms with Gasteiger partial charge in [0.1, 0.15) is 0 Å². The van der Waals surface area contributed by atoms with Crippen LogP contribution in [0.25, 0.3) is 0 Å². The first-order valence-corrected chi connectivity index (χ1v) is 5.75. The average Bonchev–Trinajstić information content (AvgIpc) is 3.04. The summed E-state index contributed by atoms with van der Waals surface area (Å²) in [5, 5.41) is 6.20. The van der Waals surface area contributed by atoms with Gasteiger partial charge in [-0.2, -0.15) is 0 Å². The summed E-state index contributed by atoms with van der Waals surface area (Å²) in [4.78, 5) is 11.5. The van der Waals surface area contributed by atoms with Gasteiger partial charge in [-0.3, -0.25) is 4.79 Å². The zero-order valence-electron chi connectivity index (χ0n) is 8.88. The summed E-state index contributed by atoms with van der Waals surface area (Å²) in [5.41, 5.74) is 0. The van der Waals surface area contributed by atoms with Crippen molar-refractivity contribution < 1.29 is 4.79 Å². The quantitative estimate of drug-likeness (QED) is 0.662. The van der Waals surface area contributed by atoms with Gasteiger partial charge in [0.15, 0.2) is 0 Å². The molecular weight excluding hydrogens is 176 g/mol. The highest BCUT2D eigenvalue weighted by atomic mass is 16.1. The first kappa shape index (κ1) is 9.97. The Morgan fingerprint density at radius 1 is 1.29 bits per heavy atom. The fourth-order valence-corrected chi connectivity index (χ4v) is 2.03. The Bertz CT molecular complexity index is 197. The predicted octanol–water partition coefficient (Wildman–Crippen LogP) is 0.901. The Balaban J connectivity index is 1.72. The van der Waals surface area contributed by atoms with Crippen LogP contribution in [-0.2, 0) is 4.79 Å². The van der Waals surface area contributed by atoms with E-state index >= 15 is 0 Å². The van der Waals surface area contributed by atoms with Crippen molar-refractivity contribution in [3.05, 3.63) is 0 Å². The molecule has 0 radical (unpaired) electrons. The highest BCUT2D eigenvalue weighted by molar-refractivity contribution is 5.76. The largest absolute Gasteiger partial charge is 0.353 e. The summed E-state index contributed by atoms with van der Waals surface area (Å²) in [6, 6.07) is 0.513. The van der Waals surface area contributed by atoms with Crippen LogP contribution >= 0.6 is 0 Å². The van der Waals surface area contributed by atoms with Crippen LogP contribution in [0.15, 0.2) is 0 Å². The molecule has 0 aliphatic heterocycles. The van der Waals surface area contributed by atoms with Gasteiger partial charge in [0, 0.05) is 19.0 Å². The second kappa shape index (κ2) is 4.30. The second-order valence-electron chi connectivity index (χ2n) is 4.62. The maximum Gasteiger partial charge on any atom is 0.221 e. The summed E-state index contributed by atoms with van der Waals surface area (Å²) in [5.74, 6) is 1.84. The lowest BCUT2D eigenvalue weighted by Gasteiger charge is -2.17. The smallest absolute Gasteiger partial charge is 0.221 e. The summed E-state index contributed by atoms with van der Waals surface area (Å²) in [7, 11) is 1.88. The van der Waals surface area contributed by atoms with Crippen molar-refractivity contribution in [1.29, 1.82) is 0 Å². The Kier molecular flexibility index (Phi) is 3.06. The molecular formula is C11H20N2O. The topological polar surface area (TPSA) is 41.1 Å². The lowest BCUT2D eigenvalue weighted by Crippen LogP contribution is -2.39. The van der Waals surface area contributed by atoms with Crippen LogP contribution in [0.3, 0.4) is 0 Å². The number of amides is 1. The van der Waals surface area contributed by atoms with E-state index in [-0.39, 0.29) is 5.91 Å². The maximum atomic E-state index is 11.5. The fourth-order valence-electron chi connectivity index (χ4n) is 2.03. The van der Waals surface area contributed by atoms with E-state index < -0.39 is 0 Å². The van der Waals surface area contributed by atoms with Crippen LogP contribution in [0.1, 0.15) is 32.1 Å². The summed E-state index contributed by atoms with van der Waals surface area (Å²) in [6.07, 6.45) is 5.92. The molecule has 3 nitrogen and oxygen atoms in total. The van der Waals surface area contributed by atoms with E-state index in [2.05, 4.69) is 10.6 Å². The number of nitrogens with one attached hydrogen (secondary N) is 2. The molecule has 0 aromatic heterocycles. The molecule has 0 bridgehead atoms. The Morgan fingerprint density at radius 3 is 2.29 bits per heavy atom. The minimum Gasteiger partial charge on any atom is -0.353 e. The number of hydrogen-bond acceptors (Lipinski definition) is 2. The van der Waals surface area contributed by atoms with E-state index in [0.29, 0.717) is 12.5 Å². The zero-order chi connectivity index (χ0) is 9.97. The molecule has 0 spiro atoms. The van der Waals surface area contributed by atoms with Crippen molar-refractivity contribution in [2.75, 3.05) is 13.6 Å². The molecule has 80 valence electrons. The van der Waals surface area contributed by atoms with Gasteiger partial charge in [-0.05, 0) is 44.6 Å². The van der Waals surface area contributed by atoms with Crippen molar-refractivity contribution >= 4 is 5.91 Å². The monoisotopic (exact) mass is 196 g/mol. The molecule has 2 saturated carbocycles. The fraction of sp³-hybridized carbons (Fsp3) is 0.909. The Labute approximate surface area is 85.6 Å². The van der Waals surface area contributed by atoms with E-state index in [1.807, 2.05) is 7.05 Å². The SMILES string of the molecule is CNCCC(=O)NC(C1CC1)C1CC1. The van der Waals surface area contributed by atoms with Crippen LogP contribution in [-0.4, -0.2) is 25.5 Å². The van der Waals surface area contributed by atoms with Gasteiger partial charge in [0.05, 0.1) is 0 Å². The van der Waals surface area contributed by atoms with Gasteiger partial charge in [0.2, 0.25) is 5.91 Å². The van der Waals surface area contributed by atoms with Gasteiger partial charge < -0.3 is 10.6 Å². The number of rotatable bonds is 6. The van der Waals surface area contributed by atoms with Crippen molar-refractivity contribution in [3.63, 3.8) is 0 Å². The van der Waals surface area contributed by atoms with Crippen LogP contribution < -0.4 is 10.6 Å². The third kappa shape index (κ3) is 2.71. The molecule has 1 amide bonds. The van der Waals surface area contributed by atoms with Gasteiger partial charge in [-0.1, -0.05) is 0 Å². The molecule has 0 aromatic carbocycles. The number of hydrogen-bond donors (Lipinski definition) is 2. The highest BCUT2D eigenvalue weighted by Gasteiger charge is 2.41. The minimum absolute atomic E-state index is 0.225. The van der Waals surface area contributed by atoms with Gasteiger partial charge in [-0.25, -0.2) is 0 Å². The van der Waals surface area contributed by atoms with Crippen LogP contribution in [0.5, 0.6) is 0 Å². The summed E-state index contributed by atoms with van der Waals surface area (Å²) in [6.45, 7) is 0.786. The number of carbonyl (C=O) groups is 1. The highest BCUT2D eigenvalue weighted by Crippen LogP contribution is 2.44. The molecule has 0 aromatic rings. The number of carbonyl (C=O) groups excluding carboxylic acids is 1. The maximum absolute atomic E-state index is 11.5. The van der Waals surface area contributed by atoms with Crippen molar-refractivity contribution in [2.45, 2.75) is 38.1 Å². The van der Waals surface area contributed by atoms with Crippen molar-refractivity contribution in [3.8, 4) is 0 Å². The Morgan fingerprint density at radius 2 is 1.86 bits per heavy atom. The summed E-state index contributed by atoms with van der Waals surface area (Å²) >= 11 is 0. The van der Waals surface area contributed by atoms with Gasteiger partial charge >= 0.3 is 0 Å². The minimum atomic E-state index is 0.225. The predicted molar refractivity (Wildman–Crippen MR) is 55.9 cm³/mol. The lowest BCUT2D eigenvalue weighted by molar-refractivity contribution is -0.122. The lowest BCUT2D eigenvalue weighted by atomic mass is 10.1. The molecule has 2 fully saturated rings. The molecule has 2 N–H and O–H groups in total. The van der Waals surface area contributed by atoms with Crippen LogP contribution in [0.4, 0.5) is 0 Å². The molecule has 2 aliphatic rings. The second-order valence-corrected chi connectivity index (χ2v) is 4.62. The first-order valence-electron chi connectivity index (χ1n) is 5.75. The van der Waals surface area contributed by atoms with Crippen LogP contribution in [0.2, 0.25) is 0 Å². The molecule has 2 rings (SSSR count). The van der Waals surface area contributed by atoms with E-state index in [0.717, 1.165) is 18.4 Å². The van der Waals surface area contributed by atoms with E-state index in [1.165, 1.54) is 25.7 Å². The molecule has 14 heavy (non-hydrogen) atoms. The van der Waals surface area contributed by atoms with Crippen LogP contribution in [0, 0.1) is 11.8 Å². The van der Waals surface area contributed by atoms with Crippen molar-refractivity contribution in [2.24, 2.45) is 11.8 Å². The molecule has 0 atom stereocenters. The van der Waals surface area contributed by atoms with E-state index in [1.54, 1.807) is 0 Å². The van der Waals surface area contributed by atoms with Gasteiger partial charge in [0.25, 0.3) is 0 Å². The van der Waals surface area contributed by atoms with E-state index in [4.69, 9.17) is 0 Å². The molecule has 2 aliphatic carbocycles. The standard InChI is InChI=1S/C11H20N2O/c1-12-7-6-10(14)13-11(8-2-3-8)9-4-5-9/h8-9,11-12H,2-7H2,1H3,(H,13,14). The Hall–Kier alpha value is -0.570. The molecule has 0 unspecified atom stereocenters. The zero-order valence-corrected chi connectivity index (χ0v) is 8.88. The molecule has 0 heterocycles. The average molecular weight is 196 g/mol. The normalized spacial score (nSPS) is 21.3.